The van der Waals surface area contributed by atoms with Crippen LogP contribution >= 0.6 is 0 Å². The smallest absolute Gasteiger partial charge is 0.243 e. The van der Waals surface area contributed by atoms with Crippen molar-refractivity contribution in [3.05, 3.63) is 120 Å². The Hall–Kier alpha value is -5.25. The Morgan fingerprint density at radius 3 is 2.16 bits per heavy atom. The molecule has 0 saturated heterocycles. The molecule has 218 valence electrons. The van der Waals surface area contributed by atoms with Gasteiger partial charge in [-0.25, -0.2) is 13.2 Å². The molecule has 0 saturated carbocycles. The number of rotatable bonds is 9. The van der Waals surface area contributed by atoms with Crippen LogP contribution < -0.4 is 20.3 Å². The Balaban J connectivity index is 1.13. The summed E-state index contributed by atoms with van der Waals surface area (Å²) in [5.41, 5.74) is 3.15. The molecule has 1 aromatic heterocycles. The van der Waals surface area contributed by atoms with E-state index in [1.807, 2.05) is 12.1 Å². The highest BCUT2D eigenvalue weighted by atomic mass is 19.2. The Morgan fingerprint density at radius 1 is 0.767 bits per heavy atom. The number of nitrogens with zero attached hydrogens (tertiary/aromatic N) is 1. The first-order valence-electron chi connectivity index (χ1n) is 13.7. The maximum atomic E-state index is 14.4. The normalized spacial score (nSPS) is 12.6. The molecule has 0 atom stereocenters. The molecule has 1 aliphatic carbocycles. The molecule has 4 aromatic carbocycles. The minimum absolute atomic E-state index is 0.0483. The predicted octanol–water partition coefficient (Wildman–Crippen LogP) is 6.11. The first kappa shape index (κ1) is 27.9. The number of H-pyrrole nitrogens is 1. The van der Waals surface area contributed by atoms with Crippen LogP contribution in [0.5, 0.6) is 11.5 Å². The standard InChI is InChI=1S/C33H27F3N4O3/c34-27-13-12-26(17-29(27)36)43-25-10-8-23(9-11-25)37-31(41)18-40(30-16-22-6-3-7-28(35)33(22)39-30)19-32(42)38-24-14-20-4-1-2-5-21(20)15-24/h1-13,16-17,24,39H,14-15,18-19H2,(H,37,41)(H,38,42). The average Bonchev–Trinajstić information content (AvgIpc) is 3.60. The van der Waals surface area contributed by atoms with Gasteiger partial charge in [0.25, 0.3) is 0 Å². The van der Waals surface area contributed by atoms with Crippen molar-refractivity contribution in [3.8, 4) is 11.5 Å². The molecule has 2 amide bonds. The zero-order valence-electron chi connectivity index (χ0n) is 22.9. The summed E-state index contributed by atoms with van der Waals surface area (Å²) in [7, 11) is 0. The van der Waals surface area contributed by atoms with E-state index in [1.54, 1.807) is 47.4 Å². The molecule has 6 rings (SSSR count). The van der Waals surface area contributed by atoms with Crippen molar-refractivity contribution in [2.45, 2.75) is 18.9 Å². The van der Waals surface area contributed by atoms with Gasteiger partial charge in [0.1, 0.15) is 23.1 Å². The van der Waals surface area contributed by atoms with Crippen LogP contribution in [0.2, 0.25) is 0 Å². The fourth-order valence-electron chi connectivity index (χ4n) is 5.27. The number of carbonyl (C=O) groups is 2. The molecule has 1 aliphatic rings. The van der Waals surface area contributed by atoms with Gasteiger partial charge in [-0.3, -0.25) is 9.59 Å². The molecule has 7 nitrogen and oxygen atoms in total. The Bertz CT molecular complexity index is 1780. The van der Waals surface area contributed by atoms with Crippen LogP contribution in [0.4, 0.5) is 24.7 Å². The fourth-order valence-corrected chi connectivity index (χ4v) is 5.27. The monoisotopic (exact) mass is 584 g/mol. The van der Waals surface area contributed by atoms with Crippen LogP contribution in [0.25, 0.3) is 10.9 Å². The summed E-state index contributed by atoms with van der Waals surface area (Å²) in [6, 6.07) is 24.0. The average molecular weight is 585 g/mol. The largest absolute Gasteiger partial charge is 0.457 e. The van der Waals surface area contributed by atoms with Gasteiger partial charge in [0.15, 0.2) is 11.6 Å². The molecule has 10 heteroatoms. The summed E-state index contributed by atoms with van der Waals surface area (Å²) in [4.78, 5) is 30.8. The molecule has 0 radical (unpaired) electrons. The van der Waals surface area contributed by atoms with E-state index >= 15 is 0 Å². The van der Waals surface area contributed by atoms with Crippen LogP contribution in [-0.4, -0.2) is 35.9 Å². The van der Waals surface area contributed by atoms with Gasteiger partial charge in [0, 0.05) is 23.2 Å². The molecule has 5 aromatic rings. The van der Waals surface area contributed by atoms with Crippen molar-refractivity contribution in [2.24, 2.45) is 0 Å². The highest BCUT2D eigenvalue weighted by Crippen LogP contribution is 2.26. The zero-order chi connectivity index (χ0) is 29.9. The Kier molecular flexibility index (Phi) is 7.74. The molecule has 0 spiro atoms. The highest BCUT2D eigenvalue weighted by Gasteiger charge is 2.24. The summed E-state index contributed by atoms with van der Waals surface area (Å²) in [5, 5.41) is 6.47. The predicted molar refractivity (Wildman–Crippen MR) is 158 cm³/mol. The number of aromatic nitrogens is 1. The number of aromatic amines is 1. The molecular weight excluding hydrogens is 557 g/mol. The first-order valence-corrected chi connectivity index (χ1v) is 13.7. The van der Waals surface area contributed by atoms with E-state index in [4.69, 9.17) is 4.74 Å². The van der Waals surface area contributed by atoms with Crippen molar-refractivity contribution >= 4 is 34.2 Å². The number of anilines is 2. The quantitative estimate of drug-likeness (QED) is 0.195. The summed E-state index contributed by atoms with van der Waals surface area (Å²) in [6.07, 6.45) is 1.46. The lowest BCUT2D eigenvalue weighted by molar-refractivity contribution is -0.120. The number of fused-ring (bicyclic) bond motifs is 2. The van der Waals surface area contributed by atoms with E-state index in [0.717, 1.165) is 25.0 Å². The molecular formula is C33H27F3N4O3. The van der Waals surface area contributed by atoms with E-state index in [0.29, 0.717) is 22.6 Å². The Morgan fingerprint density at radius 2 is 1.47 bits per heavy atom. The second-order valence-electron chi connectivity index (χ2n) is 10.4. The van der Waals surface area contributed by atoms with Gasteiger partial charge < -0.3 is 25.3 Å². The van der Waals surface area contributed by atoms with E-state index in [9.17, 15) is 22.8 Å². The highest BCUT2D eigenvalue weighted by molar-refractivity contribution is 5.96. The van der Waals surface area contributed by atoms with E-state index in [1.165, 1.54) is 23.3 Å². The van der Waals surface area contributed by atoms with Crippen LogP contribution in [-0.2, 0) is 22.4 Å². The van der Waals surface area contributed by atoms with Crippen LogP contribution in [0.1, 0.15) is 11.1 Å². The second-order valence-corrected chi connectivity index (χ2v) is 10.4. The van der Waals surface area contributed by atoms with E-state index < -0.39 is 23.4 Å². The zero-order valence-corrected chi connectivity index (χ0v) is 22.9. The molecule has 1 heterocycles. The van der Waals surface area contributed by atoms with Gasteiger partial charge >= 0.3 is 0 Å². The lowest BCUT2D eigenvalue weighted by atomic mass is 10.1. The second kappa shape index (κ2) is 11.9. The maximum Gasteiger partial charge on any atom is 0.243 e. The maximum absolute atomic E-state index is 14.4. The minimum Gasteiger partial charge on any atom is -0.457 e. The molecule has 0 unspecified atom stereocenters. The summed E-state index contributed by atoms with van der Waals surface area (Å²) in [5.74, 6) is -2.19. The summed E-state index contributed by atoms with van der Waals surface area (Å²) >= 11 is 0. The third-order valence-corrected chi connectivity index (χ3v) is 7.28. The number of nitrogens with one attached hydrogen (secondary N) is 3. The SMILES string of the molecule is O=C(CN(CC(=O)NC1Cc2ccccc2C1)c1cc2cccc(F)c2[nH]1)Nc1ccc(Oc2ccc(F)c(F)c2)cc1. The van der Waals surface area contributed by atoms with E-state index in [2.05, 4.69) is 27.8 Å². The van der Waals surface area contributed by atoms with Crippen molar-refractivity contribution in [2.75, 3.05) is 23.3 Å². The third kappa shape index (κ3) is 6.48. The van der Waals surface area contributed by atoms with Crippen molar-refractivity contribution in [3.63, 3.8) is 0 Å². The molecule has 43 heavy (non-hydrogen) atoms. The van der Waals surface area contributed by atoms with Gasteiger partial charge in [0.05, 0.1) is 18.6 Å². The van der Waals surface area contributed by atoms with Crippen molar-refractivity contribution in [1.82, 2.24) is 10.3 Å². The van der Waals surface area contributed by atoms with Gasteiger partial charge in [-0.1, -0.05) is 36.4 Å². The number of carbonyl (C=O) groups excluding carboxylic acids is 2. The van der Waals surface area contributed by atoms with Crippen LogP contribution in [0.15, 0.2) is 91.0 Å². The van der Waals surface area contributed by atoms with Crippen molar-refractivity contribution in [1.29, 1.82) is 0 Å². The number of halogens is 3. The van der Waals surface area contributed by atoms with Gasteiger partial charge in [0.2, 0.25) is 11.8 Å². The van der Waals surface area contributed by atoms with E-state index in [-0.39, 0.29) is 36.3 Å². The van der Waals surface area contributed by atoms with Crippen molar-refractivity contribution < 1.29 is 27.5 Å². The Labute approximate surface area is 245 Å². The minimum atomic E-state index is -1.02. The van der Waals surface area contributed by atoms with Crippen LogP contribution in [0, 0.1) is 17.5 Å². The number of hydrogen-bond acceptors (Lipinski definition) is 4. The number of hydrogen-bond donors (Lipinski definition) is 3. The van der Waals surface area contributed by atoms with Crippen LogP contribution in [0.3, 0.4) is 0 Å². The molecule has 0 bridgehead atoms. The topological polar surface area (TPSA) is 86.5 Å². The molecule has 0 aliphatic heterocycles. The number of para-hydroxylation sites is 1. The molecule has 3 N–H and O–H groups in total. The number of benzene rings is 4. The lowest BCUT2D eigenvalue weighted by Crippen LogP contribution is -2.45. The van der Waals surface area contributed by atoms with Gasteiger partial charge in [-0.05, 0) is 72.5 Å². The summed E-state index contributed by atoms with van der Waals surface area (Å²) in [6.45, 7) is -0.324. The lowest BCUT2D eigenvalue weighted by Gasteiger charge is -2.23. The number of amides is 2. The fraction of sp³-hybridized carbons (Fsp3) is 0.152. The summed E-state index contributed by atoms with van der Waals surface area (Å²) < 4.78 is 46.6. The van der Waals surface area contributed by atoms with Gasteiger partial charge in [-0.2, -0.15) is 0 Å². The third-order valence-electron chi connectivity index (χ3n) is 7.28. The van der Waals surface area contributed by atoms with Gasteiger partial charge in [-0.15, -0.1) is 0 Å². The molecule has 0 fully saturated rings. The number of ether oxygens (including phenoxy) is 1. The first-order chi connectivity index (χ1) is 20.8.